The van der Waals surface area contributed by atoms with E-state index in [1.165, 1.54) is 5.56 Å². The molecule has 0 unspecified atom stereocenters. The number of carbonyl (C=O) groups excluding carboxylic acids is 1. The lowest BCUT2D eigenvalue weighted by molar-refractivity contribution is 0.0917. The zero-order valence-corrected chi connectivity index (χ0v) is 9.94. The number of hydrogen-bond donors (Lipinski definition) is 2. The molecule has 1 aromatic carbocycles. The third-order valence-corrected chi connectivity index (χ3v) is 2.22. The van der Waals surface area contributed by atoms with Crippen LogP contribution in [0.25, 0.3) is 0 Å². The first-order valence-corrected chi connectivity index (χ1v) is 5.63. The van der Waals surface area contributed by atoms with Gasteiger partial charge in [-0.15, -0.1) is 0 Å². The Hall–Kier alpha value is -1.59. The fraction of sp³-hybridized carbons (Fsp3) is 0.417. The molecule has 5 nitrogen and oxygen atoms in total. The topological polar surface area (TPSA) is 73.6 Å². The highest BCUT2D eigenvalue weighted by atomic mass is 16.7. The van der Waals surface area contributed by atoms with Crippen molar-refractivity contribution < 1.29 is 14.3 Å². The zero-order valence-electron chi connectivity index (χ0n) is 9.94. The summed E-state index contributed by atoms with van der Waals surface area (Å²) in [5.74, 6) is 5.42. The number of unbranched alkanes of at least 4 members (excludes halogenated alkanes) is 1. The quantitative estimate of drug-likeness (QED) is 0.260. The summed E-state index contributed by atoms with van der Waals surface area (Å²) < 4.78 is 9.51. The van der Waals surface area contributed by atoms with Gasteiger partial charge < -0.3 is 9.47 Å². The Kier molecular flexibility index (Phi) is 6.06. The molecular formula is C12H18N2O3. The van der Waals surface area contributed by atoms with Crippen LogP contribution in [0.15, 0.2) is 24.3 Å². The number of ether oxygens (including phenoxy) is 2. The van der Waals surface area contributed by atoms with Gasteiger partial charge in [0.2, 0.25) is 0 Å². The fourth-order valence-electron chi connectivity index (χ4n) is 1.33. The van der Waals surface area contributed by atoms with Crippen LogP contribution < -0.4 is 16.0 Å². The van der Waals surface area contributed by atoms with Gasteiger partial charge >= 0.3 is 6.16 Å². The van der Waals surface area contributed by atoms with Crippen molar-refractivity contribution >= 4 is 6.16 Å². The molecule has 0 aliphatic rings. The molecule has 1 aromatic rings. The number of hydrogen-bond acceptors (Lipinski definition) is 5. The number of hydrazine groups is 1. The van der Waals surface area contributed by atoms with Crippen LogP contribution in [0.1, 0.15) is 25.3 Å². The molecule has 0 amide bonds. The highest BCUT2D eigenvalue weighted by molar-refractivity contribution is 5.63. The third-order valence-electron chi connectivity index (χ3n) is 2.22. The van der Waals surface area contributed by atoms with E-state index in [1.807, 2.05) is 12.1 Å². The molecule has 94 valence electrons. The molecule has 0 fully saturated rings. The van der Waals surface area contributed by atoms with Gasteiger partial charge in [0.15, 0.2) is 6.73 Å². The van der Waals surface area contributed by atoms with E-state index in [0.717, 1.165) is 19.3 Å². The predicted molar refractivity (Wildman–Crippen MR) is 64.4 cm³/mol. The summed E-state index contributed by atoms with van der Waals surface area (Å²) in [7, 11) is 0. The van der Waals surface area contributed by atoms with E-state index >= 15 is 0 Å². The molecular weight excluding hydrogens is 220 g/mol. The lowest BCUT2D eigenvalue weighted by Gasteiger charge is -2.06. The van der Waals surface area contributed by atoms with Crippen LogP contribution in [0.5, 0.6) is 5.75 Å². The van der Waals surface area contributed by atoms with Crippen molar-refractivity contribution in [2.24, 2.45) is 5.84 Å². The van der Waals surface area contributed by atoms with Crippen molar-refractivity contribution in [1.29, 1.82) is 0 Å². The van der Waals surface area contributed by atoms with Crippen LogP contribution >= 0.6 is 0 Å². The SMILES string of the molecule is CCCCc1ccc(OC(=O)OCNN)cc1. The number of carbonyl (C=O) groups is 1. The molecule has 0 aromatic heterocycles. The van der Waals surface area contributed by atoms with Gasteiger partial charge in [-0.05, 0) is 30.5 Å². The summed E-state index contributed by atoms with van der Waals surface area (Å²) in [6.45, 7) is 2.08. The lowest BCUT2D eigenvalue weighted by Crippen LogP contribution is -2.27. The van der Waals surface area contributed by atoms with Crippen molar-refractivity contribution in [1.82, 2.24) is 5.43 Å². The number of benzene rings is 1. The molecule has 5 heteroatoms. The highest BCUT2D eigenvalue weighted by Crippen LogP contribution is 2.14. The van der Waals surface area contributed by atoms with E-state index in [1.54, 1.807) is 12.1 Å². The minimum atomic E-state index is -0.774. The first kappa shape index (κ1) is 13.5. The summed E-state index contributed by atoms with van der Waals surface area (Å²) in [5.41, 5.74) is 3.43. The molecule has 0 atom stereocenters. The average Bonchev–Trinajstić information content (AvgIpc) is 2.35. The second-order valence-corrected chi connectivity index (χ2v) is 3.59. The van der Waals surface area contributed by atoms with Crippen LogP contribution in [0, 0.1) is 0 Å². The van der Waals surface area contributed by atoms with Gasteiger partial charge in [0, 0.05) is 0 Å². The van der Waals surface area contributed by atoms with Crippen molar-refractivity contribution in [3.05, 3.63) is 29.8 Å². The summed E-state index contributed by atoms with van der Waals surface area (Å²) in [5, 5.41) is 0. The molecule has 0 saturated carbocycles. The standard InChI is InChI=1S/C12H18N2O3/c1-2-3-4-10-5-7-11(8-6-10)17-12(15)16-9-14-13/h5-8,14H,2-4,9,13H2,1H3. The van der Waals surface area contributed by atoms with E-state index in [-0.39, 0.29) is 6.73 Å². The number of aryl methyl sites for hydroxylation is 1. The van der Waals surface area contributed by atoms with Gasteiger partial charge in [-0.25, -0.2) is 10.2 Å². The lowest BCUT2D eigenvalue weighted by atomic mass is 10.1. The summed E-state index contributed by atoms with van der Waals surface area (Å²) in [6.07, 6.45) is 2.59. The molecule has 3 N–H and O–H groups in total. The van der Waals surface area contributed by atoms with E-state index in [9.17, 15) is 4.79 Å². The molecule has 0 aliphatic heterocycles. The second kappa shape index (κ2) is 7.65. The maximum atomic E-state index is 11.1. The monoisotopic (exact) mass is 238 g/mol. The Morgan fingerprint density at radius 3 is 2.65 bits per heavy atom. The van der Waals surface area contributed by atoms with Gasteiger partial charge in [-0.2, -0.15) is 0 Å². The zero-order chi connectivity index (χ0) is 12.5. The van der Waals surface area contributed by atoms with Gasteiger partial charge in [0.05, 0.1) is 0 Å². The van der Waals surface area contributed by atoms with Gasteiger partial charge in [0.25, 0.3) is 0 Å². The van der Waals surface area contributed by atoms with Crippen LogP contribution in [-0.4, -0.2) is 12.9 Å². The number of nitrogens with one attached hydrogen (secondary N) is 1. The van der Waals surface area contributed by atoms with E-state index in [0.29, 0.717) is 5.75 Å². The Morgan fingerprint density at radius 2 is 2.06 bits per heavy atom. The molecule has 0 spiro atoms. The minimum Gasteiger partial charge on any atom is -0.417 e. The van der Waals surface area contributed by atoms with Crippen molar-refractivity contribution in [3.63, 3.8) is 0 Å². The molecule has 0 bridgehead atoms. The molecule has 1 rings (SSSR count). The molecule has 0 aliphatic carbocycles. The van der Waals surface area contributed by atoms with Crippen molar-refractivity contribution in [3.8, 4) is 5.75 Å². The van der Waals surface area contributed by atoms with Crippen LogP contribution in [-0.2, 0) is 11.2 Å². The van der Waals surface area contributed by atoms with E-state index < -0.39 is 6.16 Å². The van der Waals surface area contributed by atoms with Crippen LogP contribution in [0.2, 0.25) is 0 Å². The highest BCUT2D eigenvalue weighted by Gasteiger charge is 2.04. The minimum absolute atomic E-state index is 0.0760. The number of nitrogens with two attached hydrogens (primary N) is 1. The van der Waals surface area contributed by atoms with Crippen molar-refractivity contribution in [2.45, 2.75) is 26.2 Å². The normalized spacial score (nSPS) is 10.0. The number of rotatable bonds is 6. The smallest absolute Gasteiger partial charge is 0.417 e. The fourth-order valence-corrected chi connectivity index (χ4v) is 1.33. The third kappa shape index (κ3) is 5.33. The molecule has 17 heavy (non-hydrogen) atoms. The average molecular weight is 238 g/mol. The van der Waals surface area contributed by atoms with Crippen LogP contribution in [0.3, 0.4) is 0 Å². The maximum Gasteiger partial charge on any atom is 0.515 e. The van der Waals surface area contributed by atoms with Gasteiger partial charge in [-0.3, -0.25) is 5.84 Å². The van der Waals surface area contributed by atoms with Gasteiger partial charge in [0.1, 0.15) is 5.75 Å². The molecule has 0 saturated heterocycles. The Balaban J connectivity index is 2.42. The Bertz CT molecular complexity index is 338. The van der Waals surface area contributed by atoms with Crippen molar-refractivity contribution in [2.75, 3.05) is 6.73 Å². The molecule has 0 heterocycles. The summed E-state index contributed by atoms with van der Waals surface area (Å²) >= 11 is 0. The Labute approximate surface area is 101 Å². The van der Waals surface area contributed by atoms with E-state index in [4.69, 9.17) is 10.6 Å². The second-order valence-electron chi connectivity index (χ2n) is 3.59. The largest absolute Gasteiger partial charge is 0.515 e. The molecule has 0 radical (unpaired) electrons. The summed E-state index contributed by atoms with van der Waals surface area (Å²) in [4.78, 5) is 11.1. The maximum absolute atomic E-state index is 11.1. The Morgan fingerprint density at radius 1 is 1.35 bits per heavy atom. The van der Waals surface area contributed by atoms with E-state index in [2.05, 4.69) is 17.1 Å². The first-order chi connectivity index (χ1) is 8.26. The first-order valence-electron chi connectivity index (χ1n) is 5.63. The van der Waals surface area contributed by atoms with Gasteiger partial charge in [-0.1, -0.05) is 25.5 Å². The predicted octanol–water partition coefficient (Wildman–Crippen LogP) is 1.97. The summed E-state index contributed by atoms with van der Waals surface area (Å²) in [6, 6.07) is 7.39. The van der Waals surface area contributed by atoms with Crippen LogP contribution in [0.4, 0.5) is 4.79 Å².